The molecule has 0 atom stereocenters. The van der Waals surface area contributed by atoms with Gasteiger partial charge in [0, 0.05) is 0 Å². The molecule has 11 heavy (non-hydrogen) atoms. The molecule has 0 aromatic heterocycles. The first-order valence-corrected chi connectivity index (χ1v) is 3.78. The first-order valence-electron chi connectivity index (χ1n) is 2.20. The molecule has 0 fully saturated rings. The molecule has 0 heterocycles. The summed E-state index contributed by atoms with van der Waals surface area (Å²) in [4.78, 5) is 0. The van der Waals surface area contributed by atoms with E-state index in [0.29, 0.717) is 0 Å². The zero-order chi connectivity index (χ0) is 9.12. The van der Waals surface area contributed by atoms with Crippen LogP contribution in [-0.2, 0) is 14.3 Å². The highest BCUT2D eigenvalue weighted by Gasteiger charge is 2.36. The third kappa shape index (κ3) is 5.69. The van der Waals surface area contributed by atoms with Crippen LogP contribution in [0.4, 0.5) is 13.2 Å². The van der Waals surface area contributed by atoms with Crippen LogP contribution < -0.4 is 0 Å². The molecule has 7 heteroatoms. The Bertz CT molecular complexity index is 257. The van der Waals surface area contributed by atoms with Crippen LogP contribution in [0.5, 0.6) is 0 Å². The molecule has 0 aromatic rings. The Balaban J connectivity index is 4.30. The van der Waals surface area contributed by atoms with Gasteiger partial charge < -0.3 is 0 Å². The molecule has 3 nitrogen and oxygen atoms in total. The Morgan fingerprint density at radius 1 is 1.45 bits per heavy atom. The molecule has 0 bridgehead atoms. The van der Waals surface area contributed by atoms with E-state index in [-0.39, 0.29) is 0 Å². The molecule has 0 rings (SSSR count). The molecule has 0 aliphatic carbocycles. The lowest BCUT2D eigenvalue weighted by Gasteiger charge is -2.04. The Morgan fingerprint density at radius 3 is 2.18 bits per heavy atom. The highest BCUT2D eigenvalue weighted by molar-refractivity contribution is 7.86. The molecule has 0 saturated heterocycles. The summed E-state index contributed by atoms with van der Waals surface area (Å²) in [6, 6.07) is 0. The van der Waals surface area contributed by atoms with Gasteiger partial charge >= 0.3 is 6.36 Å². The molecule has 0 aliphatic heterocycles. The van der Waals surface area contributed by atoms with Crippen molar-refractivity contribution in [2.45, 2.75) is 6.36 Å². The summed E-state index contributed by atoms with van der Waals surface area (Å²) in [6.45, 7) is 0. The summed E-state index contributed by atoms with van der Waals surface area (Å²) < 4.78 is 56.6. The van der Waals surface area contributed by atoms with E-state index >= 15 is 0 Å². The van der Waals surface area contributed by atoms with E-state index in [9.17, 15) is 21.6 Å². The summed E-state index contributed by atoms with van der Waals surface area (Å²) in [5.41, 5.74) is 0. The second-order valence-electron chi connectivity index (χ2n) is 1.44. The van der Waals surface area contributed by atoms with Crippen LogP contribution in [0.2, 0.25) is 0 Å². The Labute approximate surface area is 61.3 Å². The average Bonchev–Trinajstić information content (AvgIpc) is 1.55. The van der Waals surface area contributed by atoms with Gasteiger partial charge in [0.1, 0.15) is 5.75 Å². The van der Waals surface area contributed by atoms with E-state index in [1.54, 1.807) is 0 Å². The van der Waals surface area contributed by atoms with Gasteiger partial charge in [-0.1, -0.05) is 5.92 Å². The third-order valence-electron chi connectivity index (χ3n) is 0.482. The molecule has 0 radical (unpaired) electrons. The molecule has 64 valence electrons. The zero-order valence-electron chi connectivity index (χ0n) is 5.05. The monoisotopic (exact) mass is 188 g/mol. The molecule has 0 unspecified atom stereocenters. The average molecular weight is 188 g/mol. The zero-order valence-corrected chi connectivity index (χ0v) is 5.87. The van der Waals surface area contributed by atoms with Gasteiger partial charge in [-0.25, -0.2) is 0 Å². The van der Waals surface area contributed by atoms with Gasteiger partial charge in [-0.2, -0.15) is 12.6 Å². The van der Waals surface area contributed by atoms with Crippen LogP contribution in [-0.4, -0.2) is 20.5 Å². The lowest BCUT2D eigenvalue weighted by Crippen LogP contribution is -2.21. The smallest absolute Gasteiger partial charge is 0.198 e. The van der Waals surface area contributed by atoms with Gasteiger partial charge in [-0.05, 0) is 0 Å². The maximum Gasteiger partial charge on any atom is 0.537 e. The molecule has 0 aromatic carbocycles. The van der Waals surface area contributed by atoms with Crippen molar-refractivity contribution in [3.05, 3.63) is 0 Å². The van der Waals surface area contributed by atoms with Crippen LogP contribution in [0.3, 0.4) is 0 Å². The van der Waals surface area contributed by atoms with Crippen molar-refractivity contribution in [2.75, 3.05) is 5.75 Å². The fourth-order valence-corrected chi connectivity index (χ4v) is 0.826. The fraction of sp³-hybridized carbons (Fsp3) is 0.500. The number of hydrogen-bond acceptors (Lipinski definition) is 3. The minimum Gasteiger partial charge on any atom is -0.198 e. The van der Waals surface area contributed by atoms with Crippen molar-refractivity contribution in [1.82, 2.24) is 0 Å². The predicted molar refractivity (Wildman–Crippen MR) is 29.8 cm³/mol. The van der Waals surface area contributed by atoms with Crippen LogP contribution in [0.15, 0.2) is 0 Å². The van der Waals surface area contributed by atoms with Gasteiger partial charge in [0.25, 0.3) is 10.1 Å². The van der Waals surface area contributed by atoms with Gasteiger partial charge in [-0.15, -0.1) is 19.6 Å². The second kappa shape index (κ2) is 3.11. The number of alkyl halides is 3. The number of terminal acetylenes is 1. The fourth-order valence-electron chi connectivity index (χ4n) is 0.275. The molecule has 0 aliphatic rings. The SMILES string of the molecule is C#CCS(=O)(=O)OC(F)(F)F. The normalized spacial score (nSPS) is 12.5. The molecular weight excluding hydrogens is 185 g/mol. The van der Waals surface area contributed by atoms with Crippen LogP contribution >= 0.6 is 0 Å². The van der Waals surface area contributed by atoms with E-state index in [0.717, 1.165) is 0 Å². The third-order valence-corrected chi connectivity index (χ3v) is 1.44. The van der Waals surface area contributed by atoms with E-state index in [4.69, 9.17) is 0 Å². The summed E-state index contributed by atoms with van der Waals surface area (Å²) in [7, 11) is -4.65. The quantitative estimate of drug-likeness (QED) is 0.467. The van der Waals surface area contributed by atoms with Crippen LogP contribution in [0.1, 0.15) is 0 Å². The topological polar surface area (TPSA) is 43.4 Å². The van der Waals surface area contributed by atoms with Gasteiger partial charge in [-0.3, -0.25) is 0 Å². The maximum atomic E-state index is 11.2. The maximum absolute atomic E-state index is 11.2. The standard InChI is InChI=1S/C4H3F3O3S/c1-2-3-11(8,9)10-4(5,6)7/h1H,3H2. The molecule has 0 N–H and O–H groups in total. The first kappa shape index (κ1) is 10.3. The number of halogens is 3. The minimum absolute atomic E-state index is 1.09. The lowest BCUT2D eigenvalue weighted by molar-refractivity contribution is -0.271. The molecular formula is C4H3F3O3S. The number of rotatable bonds is 2. The van der Waals surface area contributed by atoms with E-state index in [1.807, 2.05) is 0 Å². The lowest BCUT2D eigenvalue weighted by atomic mass is 10.8. The Morgan fingerprint density at radius 2 is 1.91 bits per heavy atom. The second-order valence-corrected chi connectivity index (χ2v) is 3.01. The van der Waals surface area contributed by atoms with Gasteiger partial charge in [0.05, 0.1) is 0 Å². The predicted octanol–water partition coefficient (Wildman–Crippen LogP) is 0.486. The van der Waals surface area contributed by atoms with Crippen molar-refractivity contribution in [2.24, 2.45) is 0 Å². The van der Waals surface area contributed by atoms with Crippen molar-refractivity contribution in [3.63, 3.8) is 0 Å². The van der Waals surface area contributed by atoms with Crippen molar-refractivity contribution < 1.29 is 25.8 Å². The van der Waals surface area contributed by atoms with Gasteiger partial charge in [0.15, 0.2) is 0 Å². The van der Waals surface area contributed by atoms with Crippen LogP contribution in [0, 0.1) is 12.3 Å². The molecule has 0 saturated carbocycles. The highest BCUT2D eigenvalue weighted by Crippen LogP contribution is 2.19. The Hall–Kier alpha value is -0.740. The first-order chi connectivity index (χ1) is 4.77. The van der Waals surface area contributed by atoms with Crippen LogP contribution in [0.25, 0.3) is 0 Å². The highest BCUT2D eigenvalue weighted by atomic mass is 32.2. The number of hydrogen-bond donors (Lipinski definition) is 0. The largest absolute Gasteiger partial charge is 0.537 e. The molecule has 0 amide bonds. The summed E-state index contributed by atoms with van der Waals surface area (Å²) in [6.07, 6.45) is -0.742. The van der Waals surface area contributed by atoms with E-state index in [2.05, 4.69) is 10.6 Å². The summed E-state index contributed by atoms with van der Waals surface area (Å²) in [5, 5.41) is 0. The molecule has 0 spiro atoms. The van der Waals surface area contributed by atoms with Gasteiger partial charge in [0.2, 0.25) is 0 Å². The minimum atomic E-state index is -5.20. The van der Waals surface area contributed by atoms with Crippen molar-refractivity contribution in [3.8, 4) is 12.3 Å². The summed E-state index contributed by atoms with van der Waals surface area (Å²) in [5.74, 6) is 0.427. The van der Waals surface area contributed by atoms with Crippen molar-refractivity contribution in [1.29, 1.82) is 0 Å². The Kier molecular flexibility index (Phi) is 2.90. The van der Waals surface area contributed by atoms with E-state index in [1.165, 1.54) is 5.92 Å². The van der Waals surface area contributed by atoms with E-state index < -0.39 is 22.2 Å². The van der Waals surface area contributed by atoms with Crippen molar-refractivity contribution >= 4 is 10.1 Å². The summed E-state index contributed by atoms with van der Waals surface area (Å²) >= 11 is 0.